The van der Waals surface area contributed by atoms with Gasteiger partial charge in [-0.1, -0.05) is 0 Å². The highest BCUT2D eigenvalue weighted by atomic mass is 16.5. The predicted octanol–water partition coefficient (Wildman–Crippen LogP) is 1.30. The number of hydrogen-bond donors (Lipinski definition) is 1. The molecule has 1 rings (SSSR count). The first-order valence-electron chi connectivity index (χ1n) is 6.41. The number of benzene rings is 1. The number of ether oxygens (including phenoxy) is 2. The van der Waals surface area contributed by atoms with Gasteiger partial charge in [-0.25, -0.2) is 4.79 Å². The maximum Gasteiger partial charge on any atom is 0.338 e. The Morgan fingerprint density at radius 1 is 1.25 bits per heavy atom. The molecule has 0 bridgehead atoms. The van der Waals surface area contributed by atoms with Gasteiger partial charge in [0, 0.05) is 13.1 Å². The van der Waals surface area contributed by atoms with E-state index in [1.54, 1.807) is 17.0 Å². The van der Waals surface area contributed by atoms with Crippen molar-refractivity contribution in [2.45, 2.75) is 13.8 Å². The molecule has 2 N–H and O–H groups in total. The summed E-state index contributed by atoms with van der Waals surface area (Å²) in [7, 11) is 1.49. The first kappa shape index (κ1) is 15.8. The van der Waals surface area contributed by atoms with Crippen LogP contribution in [0.15, 0.2) is 18.2 Å². The summed E-state index contributed by atoms with van der Waals surface area (Å²) in [5, 5.41) is 0. The Balaban J connectivity index is 2.63. The fourth-order valence-electron chi connectivity index (χ4n) is 1.74. The Morgan fingerprint density at radius 3 is 2.40 bits per heavy atom. The molecule has 0 aliphatic rings. The summed E-state index contributed by atoms with van der Waals surface area (Å²) in [5.41, 5.74) is 6.34. The molecule has 6 heteroatoms. The van der Waals surface area contributed by atoms with Gasteiger partial charge in [-0.2, -0.15) is 0 Å². The minimum atomic E-state index is -0.583. The molecule has 110 valence electrons. The molecule has 1 aromatic rings. The Bertz CT molecular complexity index is 484. The fourth-order valence-corrected chi connectivity index (χ4v) is 1.74. The van der Waals surface area contributed by atoms with Crippen molar-refractivity contribution in [3.63, 3.8) is 0 Å². The standard InChI is InChI=1S/C14H20N2O4/c1-4-16(5-2)13(17)9-20-14(18)10-6-7-12(19-3)11(15)8-10/h6-8H,4-5,9,15H2,1-3H3. The van der Waals surface area contributed by atoms with Crippen molar-refractivity contribution in [2.24, 2.45) is 0 Å². The van der Waals surface area contributed by atoms with Gasteiger partial charge in [0.25, 0.3) is 5.91 Å². The van der Waals surface area contributed by atoms with E-state index in [0.717, 1.165) is 0 Å². The normalized spacial score (nSPS) is 9.95. The molecule has 0 fully saturated rings. The largest absolute Gasteiger partial charge is 0.495 e. The van der Waals surface area contributed by atoms with Gasteiger partial charge in [-0.15, -0.1) is 0 Å². The lowest BCUT2D eigenvalue weighted by Gasteiger charge is -2.18. The first-order chi connectivity index (χ1) is 9.53. The zero-order valence-electron chi connectivity index (χ0n) is 12.0. The van der Waals surface area contributed by atoms with E-state index in [1.165, 1.54) is 13.2 Å². The Hall–Kier alpha value is -2.24. The zero-order valence-corrected chi connectivity index (χ0v) is 12.0. The number of carbonyl (C=O) groups excluding carboxylic acids is 2. The summed E-state index contributed by atoms with van der Waals surface area (Å²) in [6.45, 7) is 4.64. The van der Waals surface area contributed by atoms with E-state index in [9.17, 15) is 9.59 Å². The van der Waals surface area contributed by atoms with E-state index >= 15 is 0 Å². The van der Waals surface area contributed by atoms with Gasteiger partial charge in [0.2, 0.25) is 0 Å². The minimum absolute atomic E-state index is 0.218. The van der Waals surface area contributed by atoms with Crippen molar-refractivity contribution in [1.29, 1.82) is 0 Å². The maximum atomic E-state index is 11.8. The lowest BCUT2D eigenvalue weighted by atomic mass is 10.2. The van der Waals surface area contributed by atoms with Gasteiger partial charge in [-0.05, 0) is 32.0 Å². The van der Waals surface area contributed by atoms with Crippen LogP contribution in [-0.4, -0.2) is 43.6 Å². The molecule has 0 aliphatic heterocycles. The van der Waals surface area contributed by atoms with Crippen LogP contribution in [0.5, 0.6) is 5.75 Å². The average Bonchev–Trinajstić information content (AvgIpc) is 2.45. The Labute approximate surface area is 118 Å². The molecular weight excluding hydrogens is 260 g/mol. The molecule has 0 unspecified atom stereocenters. The number of nitrogen functional groups attached to an aromatic ring is 1. The predicted molar refractivity (Wildman–Crippen MR) is 75.6 cm³/mol. The molecule has 0 aliphatic carbocycles. The fraction of sp³-hybridized carbons (Fsp3) is 0.429. The molecule has 0 aromatic heterocycles. The second kappa shape index (κ2) is 7.37. The zero-order chi connectivity index (χ0) is 15.1. The van der Waals surface area contributed by atoms with Crippen LogP contribution in [-0.2, 0) is 9.53 Å². The number of methoxy groups -OCH3 is 1. The van der Waals surface area contributed by atoms with E-state index in [2.05, 4.69) is 0 Å². The smallest absolute Gasteiger partial charge is 0.338 e. The van der Waals surface area contributed by atoms with Gasteiger partial charge < -0.3 is 20.1 Å². The van der Waals surface area contributed by atoms with Crippen LogP contribution in [0, 0.1) is 0 Å². The van der Waals surface area contributed by atoms with E-state index < -0.39 is 5.97 Å². The Morgan fingerprint density at radius 2 is 1.90 bits per heavy atom. The van der Waals surface area contributed by atoms with Crippen molar-refractivity contribution >= 4 is 17.6 Å². The van der Waals surface area contributed by atoms with E-state index in [-0.39, 0.29) is 18.1 Å². The van der Waals surface area contributed by atoms with Crippen molar-refractivity contribution in [2.75, 3.05) is 32.5 Å². The van der Waals surface area contributed by atoms with Gasteiger partial charge in [0.1, 0.15) is 5.75 Å². The van der Waals surface area contributed by atoms with Crippen LogP contribution in [0.2, 0.25) is 0 Å². The molecule has 1 aromatic carbocycles. The van der Waals surface area contributed by atoms with Gasteiger partial charge >= 0.3 is 5.97 Å². The summed E-state index contributed by atoms with van der Waals surface area (Å²) in [6.07, 6.45) is 0. The molecule has 0 heterocycles. The molecular formula is C14H20N2O4. The lowest BCUT2D eigenvalue weighted by Crippen LogP contribution is -2.34. The summed E-state index contributed by atoms with van der Waals surface area (Å²) in [4.78, 5) is 25.1. The number of carbonyl (C=O) groups is 2. The quantitative estimate of drug-likeness (QED) is 0.627. The molecule has 20 heavy (non-hydrogen) atoms. The number of esters is 1. The number of hydrogen-bond acceptors (Lipinski definition) is 5. The van der Waals surface area contributed by atoms with Crippen LogP contribution >= 0.6 is 0 Å². The molecule has 0 saturated heterocycles. The average molecular weight is 280 g/mol. The summed E-state index contributed by atoms with van der Waals surface area (Å²) >= 11 is 0. The van der Waals surface area contributed by atoms with Crippen LogP contribution in [0.1, 0.15) is 24.2 Å². The monoisotopic (exact) mass is 280 g/mol. The highest BCUT2D eigenvalue weighted by molar-refractivity contribution is 5.92. The van der Waals surface area contributed by atoms with Crippen molar-refractivity contribution in [3.05, 3.63) is 23.8 Å². The molecule has 1 amide bonds. The van der Waals surface area contributed by atoms with E-state index in [0.29, 0.717) is 24.5 Å². The third kappa shape index (κ3) is 3.88. The van der Waals surface area contributed by atoms with Crippen LogP contribution < -0.4 is 10.5 Å². The van der Waals surface area contributed by atoms with E-state index in [1.807, 2.05) is 13.8 Å². The summed E-state index contributed by atoms with van der Waals surface area (Å²) < 4.78 is 9.98. The molecule has 6 nitrogen and oxygen atoms in total. The first-order valence-corrected chi connectivity index (χ1v) is 6.41. The third-order valence-corrected chi connectivity index (χ3v) is 2.91. The number of anilines is 1. The van der Waals surface area contributed by atoms with Gasteiger partial charge in [0.05, 0.1) is 18.4 Å². The highest BCUT2D eigenvalue weighted by Gasteiger charge is 2.14. The van der Waals surface area contributed by atoms with Crippen LogP contribution in [0.3, 0.4) is 0 Å². The number of rotatable bonds is 6. The maximum absolute atomic E-state index is 11.8. The SMILES string of the molecule is CCN(CC)C(=O)COC(=O)c1ccc(OC)c(N)c1. The van der Waals surface area contributed by atoms with Crippen molar-refractivity contribution in [3.8, 4) is 5.75 Å². The van der Waals surface area contributed by atoms with Gasteiger partial charge in [-0.3, -0.25) is 4.79 Å². The lowest BCUT2D eigenvalue weighted by molar-refractivity contribution is -0.134. The topological polar surface area (TPSA) is 81.9 Å². The van der Waals surface area contributed by atoms with Gasteiger partial charge in [0.15, 0.2) is 6.61 Å². The molecule has 0 saturated carbocycles. The second-order valence-corrected chi connectivity index (χ2v) is 4.10. The molecule has 0 radical (unpaired) electrons. The van der Waals surface area contributed by atoms with Crippen molar-refractivity contribution in [1.82, 2.24) is 4.90 Å². The molecule has 0 atom stereocenters. The number of nitrogens with two attached hydrogens (primary N) is 1. The Kier molecular flexibility index (Phi) is 5.83. The minimum Gasteiger partial charge on any atom is -0.495 e. The van der Waals surface area contributed by atoms with E-state index in [4.69, 9.17) is 15.2 Å². The molecule has 0 spiro atoms. The number of nitrogens with zero attached hydrogens (tertiary/aromatic N) is 1. The summed E-state index contributed by atoms with van der Waals surface area (Å²) in [5.74, 6) is -0.314. The van der Waals surface area contributed by atoms with Crippen molar-refractivity contribution < 1.29 is 19.1 Å². The highest BCUT2D eigenvalue weighted by Crippen LogP contribution is 2.22. The van der Waals surface area contributed by atoms with Crippen LogP contribution in [0.25, 0.3) is 0 Å². The third-order valence-electron chi connectivity index (χ3n) is 2.91. The second-order valence-electron chi connectivity index (χ2n) is 4.10. The van der Waals surface area contributed by atoms with Crippen LogP contribution in [0.4, 0.5) is 5.69 Å². The number of likely N-dealkylation sites (N-methyl/N-ethyl adjacent to an activating group) is 1. The number of amides is 1. The summed E-state index contributed by atoms with van der Waals surface area (Å²) in [6, 6.07) is 4.58.